The molecular weight excluding hydrogens is 390 g/mol. The van der Waals surface area contributed by atoms with E-state index in [1.165, 1.54) is 13.1 Å². The van der Waals surface area contributed by atoms with Gasteiger partial charge in [-0.25, -0.2) is 9.48 Å². The number of hydrogen-bond donors (Lipinski definition) is 1. The third-order valence-corrected chi connectivity index (χ3v) is 4.89. The van der Waals surface area contributed by atoms with Crippen molar-refractivity contribution in [1.82, 2.24) is 15.1 Å². The van der Waals surface area contributed by atoms with E-state index < -0.39 is 11.5 Å². The van der Waals surface area contributed by atoms with Gasteiger partial charge in [-0.05, 0) is 26.7 Å². The third kappa shape index (κ3) is 6.34. The molecule has 1 atom stereocenters. The molecule has 8 heteroatoms. The van der Waals surface area contributed by atoms with E-state index in [4.69, 9.17) is 9.47 Å². The minimum absolute atomic E-state index is 0.113. The number of alkyl halides is 1. The van der Waals surface area contributed by atoms with Crippen LogP contribution >= 0.6 is 15.9 Å². The van der Waals surface area contributed by atoms with Crippen molar-refractivity contribution in [2.24, 2.45) is 5.92 Å². The molecule has 142 valence electrons. The van der Waals surface area contributed by atoms with Crippen molar-refractivity contribution in [2.45, 2.75) is 58.5 Å². The van der Waals surface area contributed by atoms with Crippen LogP contribution in [0.5, 0.6) is 5.88 Å². The summed E-state index contributed by atoms with van der Waals surface area (Å²) in [4.78, 5) is 23.4. The highest BCUT2D eigenvalue weighted by atomic mass is 79.9. The first kappa shape index (κ1) is 21.5. The summed E-state index contributed by atoms with van der Waals surface area (Å²) in [6, 6.07) is 0. The zero-order valence-corrected chi connectivity index (χ0v) is 17.3. The summed E-state index contributed by atoms with van der Waals surface area (Å²) in [6.45, 7) is 12.3. The van der Waals surface area contributed by atoms with Gasteiger partial charge >= 0.3 is 5.97 Å². The number of halogens is 1. The number of nitrogens with one attached hydrogen (secondary N) is 1. The fourth-order valence-electron chi connectivity index (χ4n) is 2.16. The van der Waals surface area contributed by atoms with Gasteiger partial charge < -0.3 is 14.8 Å². The molecule has 0 fully saturated rings. The maximum Gasteiger partial charge on any atom is 0.345 e. The molecule has 1 amide bonds. The largest absolute Gasteiger partial charge is 0.477 e. The molecule has 1 rings (SSSR count). The lowest BCUT2D eigenvalue weighted by Crippen LogP contribution is -2.50. The average Bonchev–Trinajstić information content (AvgIpc) is 2.86. The van der Waals surface area contributed by atoms with Gasteiger partial charge in [0.25, 0.3) is 0 Å². The first-order valence-corrected chi connectivity index (χ1v) is 9.28. The van der Waals surface area contributed by atoms with Crippen LogP contribution in [0.25, 0.3) is 0 Å². The Bertz CT molecular complexity index is 599. The van der Waals surface area contributed by atoms with Gasteiger partial charge in [-0.3, -0.25) is 4.79 Å². The average molecular weight is 418 g/mol. The fraction of sp³-hybridized carbons (Fsp3) is 0.706. The Labute approximate surface area is 157 Å². The van der Waals surface area contributed by atoms with Crippen LogP contribution in [-0.4, -0.2) is 45.2 Å². The fourth-order valence-corrected chi connectivity index (χ4v) is 2.55. The van der Waals surface area contributed by atoms with E-state index in [-0.39, 0.29) is 17.3 Å². The van der Waals surface area contributed by atoms with Gasteiger partial charge in [0.15, 0.2) is 0 Å². The Morgan fingerprint density at radius 3 is 2.56 bits per heavy atom. The second-order valence-corrected chi connectivity index (χ2v) is 7.95. The van der Waals surface area contributed by atoms with Crippen LogP contribution in [0.3, 0.4) is 0 Å². The number of hydrogen-bond acceptors (Lipinski definition) is 5. The molecule has 0 aliphatic rings. The number of esters is 1. The topological polar surface area (TPSA) is 82.5 Å². The number of amides is 1. The minimum atomic E-state index is -0.503. The Balaban J connectivity index is 3.04. The second kappa shape index (κ2) is 9.22. The predicted octanol–water partition coefficient (Wildman–Crippen LogP) is 2.77. The highest BCUT2D eigenvalue weighted by Gasteiger charge is 2.30. The molecule has 0 spiro atoms. The molecule has 0 radical (unpaired) electrons. The van der Waals surface area contributed by atoms with Crippen LogP contribution in [0.2, 0.25) is 0 Å². The summed E-state index contributed by atoms with van der Waals surface area (Å²) in [7, 11) is 0. The Kier molecular flexibility index (Phi) is 7.92. The monoisotopic (exact) mass is 417 g/mol. The van der Waals surface area contributed by atoms with Crippen molar-refractivity contribution < 1.29 is 19.1 Å². The minimum Gasteiger partial charge on any atom is -0.477 e. The first-order valence-electron chi connectivity index (χ1n) is 8.37. The molecule has 7 nitrogen and oxygen atoms in total. The third-order valence-electron chi connectivity index (χ3n) is 3.45. The van der Waals surface area contributed by atoms with Crippen molar-refractivity contribution in [2.75, 3.05) is 13.2 Å². The number of nitrogens with zero attached hydrogens (tertiary/aromatic N) is 2. The van der Waals surface area contributed by atoms with E-state index in [0.29, 0.717) is 30.5 Å². The first-order chi connectivity index (χ1) is 11.6. The summed E-state index contributed by atoms with van der Waals surface area (Å²) >= 11 is 3.61. The number of aromatic nitrogens is 2. The predicted molar refractivity (Wildman–Crippen MR) is 99.1 cm³/mol. The molecule has 1 heterocycles. The zero-order valence-electron chi connectivity index (χ0n) is 15.8. The maximum absolute atomic E-state index is 12.1. The number of ether oxygens (including phenoxy) is 2. The van der Waals surface area contributed by atoms with Crippen molar-refractivity contribution in [3.05, 3.63) is 11.8 Å². The molecule has 0 saturated carbocycles. The lowest BCUT2D eigenvalue weighted by molar-refractivity contribution is -0.120. The SMILES string of the molecule is CCOC(=O)c1cnn(CC(Br)C(C)(C)NC(C)=O)c1OCC(C)C. The van der Waals surface area contributed by atoms with Gasteiger partial charge in [-0.1, -0.05) is 29.8 Å². The number of rotatable bonds is 9. The zero-order chi connectivity index (χ0) is 19.2. The van der Waals surface area contributed by atoms with Crippen LogP contribution in [-0.2, 0) is 16.1 Å². The Morgan fingerprint density at radius 1 is 1.40 bits per heavy atom. The summed E-state index contributed by atoms with van der Waals surface area (Å²) < 4.78 is 12.5. The van der Waals surface area contributed by atoms with Crippen molar-refractivity contribution >= 4 is 27.8 Å². The summed E-state index contributed by atoms with van der Waals surface area (Å²) in [5, 5.41) is 7.18. The smallest absolute Gasteiger partial charge is 0.345 e. The van der Waals surface area contributed by atoms with Crippen molar-refractivity contribution in [3.8, 4) is 5.88 Å². The highest BCUT2D eigenvalue weighted by Crippen LogP contribution is 2.25. The van der Waals surface area contributed by atoms with Crippen LogP contribution < -0.4 is 10.1 Å². The molecule has 0 aliphatic carbocycles. The van der Waals surface area contributed by atoms with Crippen LogP contribution in [0.15, 0.2) is 6.20 Å². The summed E-state index contributed by atoms with van der Waals surface area (Å²) in [5.41, 5.74) is -0.198. The van der Waals surface area contributed by atoms with Gasteiger partial charge in [0.05, 0.1) is 30.8 Å². The molecule has 0 bridgehead atoms. The van der Waals surface area contributed by atoms with E-state index in [1.54, 1.807) is 11.6 Å². The number of carbonyl (C=O) groups excluding carboxylic acids is 2. The Hall–Kier alpha value is -1.57. The Morgan fingerprint density at radius 2 is 2.04 bits per heavy atom. The molecule has 1 N–H and O–H groups in total. The van der Waals surface area contributed by atoms with Gasteiger partial charge in [0.1, 0.15) is 5.56 Å². The van der Waals surface area contributed by atoms with Gasteiger partial charge in [-0.15, -0.1) is 0 Å². The summed E-state index contributed by atoms with van der Waals surface area (Å²) in [6.07, 6.45) is 1.46. The normalized spacial score (nSPS) is 12.8. The lowest BCUT2D eigenvalue weighted by Gasteiger charge is -2.31. The molecular formula is C17H28BrN3O4. The molecule has 0 aromatic carbocycles. The highest BCUT2D eigenvalue weighted by molar-refractivity contribution is 9.09. The number of carbonyl (C=O) groups is 2. The summed E-state index contributed by atoms with van der Waals surface area (Å²) in [5.74, 6) is 0.113. The molecule has 0 aliphatic heterocycles. The molecule has 1 aromatic rings. The van der Waals surface area contributed by atoms with Gasteiger partial charge in [-0.2, -0.15) is 5.10 Å². The van der Waals surface area contributed by atoms with Crippen molar-refractivity contribution in [1.29, 1.82) is 0 Å². The van der Waals surface area contributed by atoms with Crippen LogP contribution in [0, 0.1) is 5.92 Å². The molecule has 1 unspecified atom stereocenters. The van der Waals surface area contributed by atoms with E-state index in [2.05, 4.69) is 26.3 Å². The standard InChI is InChI=1S/C17H28BrN3O4/c1-7-24-16(23)13-8-19-21(15(13)25-10-11(2)3)9-14(18)17(5,6)20-12(4)22/h8,11,14H,7,9-10H2,1-6H3,(H,20,22). The van der Waals surface area contributed by atoms with E-state index in [9.17, 15) is 9.59 Å². The van der Waals surface area contributed by atoms with Gasteiger partial charge in [0.2, 0.25) is 11.8 Å². The second-order valence-electron chi connectivity index (χ2n) is 6.84. The molecule has 25 heavy (non-hydrogen) atoms. The quantitative estimate of drug-likeness (QED) is 0.493. The maximum atomic E-state index is 12.1. The van der Waals surface area contributed by atoms with E-state index >= 15 is 0 Å². The van der Waals surface area contributed by atoms with Crippen molar-refractivity contribution in [3.63, 3.8) is 0 Å². The van der Waals surface area contributed by atoms with Gasteiger partial charge in [0, 0.05) is 12.5 Å². The van der Waals surface area contributed by atoms with Crippen LogP contribution in [0.1, 0.15) is 51.9 Å². The lowest BCUT2D eigenvalue weighted by atomic mass is 10.0. The molecule has 0 saturated heterocycles. The molecule has 1 aromatic heterocycles. The van der Waals surface area contributed by atoms with E-state index in [0.717, 1.165) is 0 Å². The van der Waals surface area contributed by atoms with Crippen LogP contribution in [0.4, 0.5) is 0 Å². The van der Waals surface area contributed by atoms with E-state index in [1.807, 2.05) is 27.7 Å².